The molecule has 8 heteroatoms. The Kier molecular flexibility index (Phi) is 7.10. The molecule has 18 heavy (non-hydrogen) atoms. The Morgan fingerprint density at radius 2 is 1.89 bits per heavy atom. The lowest BCUT2D eigenvalue weighted by molar-refractivity contribution is -0.145. The van der Waals surface area contributed by atoms with Crippen LogP contribution in [0.5, 0.6) is 0 Å². The van der Waals surface area contributed by atoms with Gasteiger partial charge in [0.1, 0.15) is 6.04 Å². The van der Waals surface area contributed by atoms with E-state index in [-0.39, 0.29) is 19.4 Å². The van der Waals surface area contributed by atoms with E-state index in [1.165, 1.54) is 0 Å². The van der Waals surface area contributed by atoms with Gasteiger partial charge in [0.25, 0.3) is 0 Å². The van der Waals surface area contributed by atoms with Crippen LogP contribution in [0.4, 0.5) is 0 Å². The van der Waals surface area contributed by atoms with E-state index in [1.807, 2.05) is 0 Å². The first-order chi connectivity index (χ1) is 8.36. The predicted octanol–water partition coefficient (Wildman–Crippen LogP) is -1.23. The van der Waals surface area contributed by atoms with E-state index in [0.29, 0.717) is 0 Å². The van der Waals surface area contributed by atoms with Crippen LogP contribution in [0.2, 0.25) is 0 Å². The van der Waals surface area contributed by atoms with Gasteiger partial charge in [0, 0.05) is 6.42 Å². The van der Waals surface area contributed by atoms with Crippen LogP contribution in [0, 0.1) is 0 Å². The number of carboxylic acids is 1. The summed E-state index contributed by atoms with van der Waals surface area (Å²) in [6.45, 7) is 1.84. The molecule has 0 bridgehead atoms. The third kappa shape index (κ3) is 7.20. The fourth-order valence-electron chi connectivity index (χ4n) is 1.12. The standard InChI is InChI=1S/C10H16N2O6/c1-2-18-9(15)4-3-8(14)12-6(10(16)17)5-7(11)13/h6H,2-5H2,1H3,(H2,11,13)(H,12,14)(H,16,17)/t6-/m1/s1. The first-order valence-corrected chi connectivity index (χ1v) is 5.32. The molecule has 2 amide bonds. The summed E-state index contributed by atoms with van der Waals surface area (Å²) in [6.07, 6.45) is -0.857. The van der Waals surface area contributed by atoms with E-state index in [2.05, 4.69) is 10.1 Å². The number of rotatable bonds is 8. The number of primary amides is 1. The fraction of sp³-hybridized carbons (Fsp3) is 0.600. The topological polar surface area (TPSA) is 136 Å². The summed E-state index contributed by atoms with van der Waals surface area (Å²) in [7, 11) is 0. The second kappa shape index (κ2) is 8.04. The molecule has 0 aromatic carbocycles. The Balaban J connectivity index is 4.14. The van der Waals surface area contributed by atoms with Gasteiger partial charge in [0.15, 0.2) is 0 Å². The minimum absolute atomic E-state index is 0.150. The molecular formula is C10H16N2O6. The van der Waals surface area contributed by atoms with Crippen LogP contribution in [0.25, 0.3) is 0 Å². The van der Waals surface area contributed by atoms with E-state index in [1.54, 1.807) is 6.92 Å². The molecule has 0 rings (SSSR count). The maximum atomic E-state index is 11.3. The van der Waals surface area contributed by atoms with Crippen LogP contribution in [0.3, 0.4) is 0 Å². The number of nitrogens with one attached hydrogen (secondary N) is 1. The number of ether oxygens (including phenoxy) is 1. The molecule has 0 fully saturated rings. The van der Waals surface area contributed by atoms with Crippen LogP contribution in [0.15, 0.2) is 0 Å². The molecule has 102 valence electrons. The Labute approximate surface area is 103 Å². The third-order valence-corrected chi connectivity index (χ3v) is 1.90. The average molecular weight is 260 g/mol. The molecule has 0 spiro atoms. The van der Waals surface area contributed by atoms with Gasteiger partial charge in [-0.1, -0.05) is 0 Å². The maximum Gasteiger partial charge on any atom is 0.326 e. The number of carbonyl (C=O) groups is 4. The van der Waals surface area contributed by atoms with Crippen LogP contribution in [-0.2, 0) is 23.9 Å². The first-order valence-electron chi connectivity index (χ1n) is 5.32. The first kappa shape index (κ1) is 15.9. The summed E-state index contributed by atoms with van der Waals surface area (Å²) in [5.41, 5.74) is 4.84. The summed E-state index contributed by atoms with van der Waals surface area (Å²) >= 11 is 0. The molecule has 0 heterocycles. The van der Waals surface area contributed by atoms with Crippen LogP contribution < -0.4 is 11.1 Å². The zero-order valence-electron chi connectivity index (χ0n) is 9.97. The van der Waals surface area contributed by atoms with Crippen molar-refractivity contribution in [1.82, 2.24) is 5.32 Å². The van der Waals surface area contributed by atoms with Gasteiger partial charge in [-0.15, -0.1) is 0 Å². The van der Waals surface area contributed by atoms with Gasteiger partial charge < -0.3 is 20.9 Å². The Morgan fingerprint density at radius 3 is 2.33 bits per heavy atom. The van der Waals surface area contributed by atoms with Gasteiger partial charge in [-0.05, 0) is 6.92 Å². The normalized spacial score (nSPS) is 11.4. The lowest BCUT2D eigenvalue weighted by Crippen LogP contribution is -2.43. The second-order valence-corrected chi connectivity index (χ2v) is 3.43. The van der Waals surface area contributed by atoms with Crippen molar-refractivity contribution in [2.45, 2.75) is 32.2 Å². The molecule has 0 radical (unpaired) electrons. The summed E-state index contributed by atoms with van der Waals surface area (Å²) in [5.74, 6) is -3.41. The number of carboxylic acid groups (broad SMARTS) is 1. The SMILES string of the molecule is CCOC(=O)CCC(=O)N[C@H](CC(N)=O)C(=O)O. The zero-order valence-corrected chi connectivity index (χ0v) is 9.97. The molecule has 0 aromatic rings. The summed E-state index contributed by atoms with van der Waals surface area (Å²) in [4.78, 5) is 43.5. The third-order valence-electron chi connectivity index (χ3n) is 1.90. The van der Waals surface area contributed by atoms with Crippen LogP contribution >= 0.6 is 0 Å². The molecule has 8 nitrogen and oxygen atoms in total. The zero-order chi connectivity index (χ0) is 14.1. The molecule has 0 aromatic heterocycles. The van der Waals surface area contributed by atoms with E-state index in [9.17, 15) is 19.2 Å². The van der Waals surface area contributed by atoms with Crippen molar-refractivity contribution < 1.29 is 29.0 Å². The molecule has 0 aliphatic rings. The van der Waals surface area contributed by atoms with Gasteiger partial charge in [-0.2, -0.15) is 0 Å². The smallest absolute Gasteiger partial charge is 0.326 e. The number of hydrogen-bond donors (Lipinski definition) is 3. The lowest BCUT2D eigenvalue weighted by Gasteiger charge is -2.12. The highest BCUT2D eigenvalue weighted by Gasteiger charge is 2.22. The van der Waals surface area contributed by atoms with Gasteiger partial charge in [-0.3, -0.25) is 14.4 Å². The van der Waals surface area contributed by atoms with Crippen molar-refractivity contribution in [3.63, 3.8) is 0 Å². The van der Waals surface area contributed by atoms with Gasteiger partial charge in [0.2, 0.25) is 11.8 Å². The highest BCUT2D eigenvalue weighted by molar-refractivity contribution is 5.89. The molecule has 0 aliphatic heterocycles. The molecule has 4 N–H and O–H groups in total. The van der Waals surface area contributed by atoms with Crippen molar-refractivity contribution in [3.8, 4) is 0 Å². The van der Waals surface area contributed by atoms with Gasteiger partial charge >= 0.3 is 11.9 Å². The summed E-state index contributed by atoms with van der Waals surface area (Å²) in [5, 5.41) is 10.8. The maximum absolute atomic E-state index is 11.3. The summed E-state index contributed by atoms with van der Waals surface area (Å²) in [6, 6.07) is -1.38. The summed E-state index contributed by atoms with van der Waals surface area (Å²) < 4.78 is 4.60. The number of aliphatic carboxylic acids is 1. The fourth-order valence-corrected chi connectivity index (χ4v) is 1.12. The molecule has 0 saturated carbocycles. The second-order valence-electron chi connectivity index (χ2n) is 3.43. The quantitative estimate of drug-likeness (QED) is 0.468. The van der Waals surface area contributed by atoms with E-state index < -0.39 is 36.2 Å². The highest BCUT2D eigenvalue weighted by atomic mass is 16.5. The number of esters is 1. The van der Waals surface area contributed by atoms with E-state index >= 15 is 0 Å². The molecule has 0 saturated heterocycles. The average Bonchev–Trinajstić information content (AvgIpc) is 2.25. The number of nitrogens with two attached hydrogens (primary N) is 1. The van der Waals surface area contributed by atoms with Crippen molar-refractivity contribution in [2.75, 3.05) is 6.61 Å². The Hall–Kier alpha value is -2.12. The molecule has 1 atom stereocenters. The molecule has 0 unspecified atom stereocenters. The Morgan fingerprint density at radius 1 is 1.28 bits per heavy atom. The van der Waals surface area contributed by atoms with Gasteiger partial charge in [-0.25, -0.2) is 4.79 Å². The van der Waals surface area contributed by atoms with Crippen molar-refractivity contribution in [1.29, 1.82) is 0 Å². The number of carbonyl (C=O) groups excluding carboxylic acids is 3. The van der Waals surface area contributed by atoms with Gasteiger partial charge in [0.05, 0.1) is 19.4 Å². The van der Waals surface area contributed by atoms with E-state index in [4.69, 9.17) is 10.8 Å². The molecule has 0 aliphatic carbocycles. The minimum Gasteiger partial charge on any atom is -0.480 e. The highest BCUT2D eigenvalue weighted by Crippen LogP contribution is 1.97. The predicted molar refractivity (Wildman–Crippen MR) is 59.2 cm³/mol. The minimum atomic E-state index is -1.38. The number of amides is 2. The van der Waals surface area contributed by atoms with Crippen molar-refractivity contribution in [2.24, 2.45) is 5.73 Å². The Bertz CT molecular complexity index is 341. The van der Waals surface area contributed by atoms with Crippen LogP contribution in [-0.4, -0.2) is 41.5 Å². The van der Waals surface area contributed by atoms with Crippen molar-refractivity contribution >= 4 is 23.8 Å². The van der Waals surface area contributed by atoms with E-state index in [0.717, 1.165) is 0 Å². The monoisotopic (exact) mass is 260 g/mol. The van der Waals surface area contributed by atoms with Crippen LogP contribution in [0.1, 0.15) is 26.2 Å². The lowest BCUT2D eigenvalue weighted by atomic mass is 10.2. The van der Waals surface area contributed by atoms with Crippen molar-refractivity contribution in [3.05, 3.63) is 0 Å². The molecular weight excluding hydrogens is 244 g/mol. The largest absolute Gasteiger partial charge is 0.480 e. The number of hydrogen-bond acceptors (Lipinski definition) is 5.